The molecule has 0 aromatic carbocycles. The van der Waals surface area contributed by atoms with Crippen molar-refractivity contribution in [3.63, 3.8) is 0 Å². The van der Waals surface area contributed by atoms with Crippen molar-refractivity contribution in [2.24, 2.45) is 5.92 Å². The Hall–Kier alpha value is -0.330. The number of carbonyl (C=O) groups excluding carboxylic acids is 1. The van der Waals surface area contributed by atoms with Gasteiger partial charge in [0.15, 0.2) is 0 Å². The average Bonchev–Trinajstić information content (AvgIpc) is 3.02. The molecule has 0 saturated carbocycles. The van der Waals surface area contributed by atoms with E-state index in [0.29, 0.717) is 26.2 Å². The molecule has 1 aromatic rings. The third-order valence-electron chi connectivity index (χ3n) is 4.26. The van der Waals surface area contributed by atoms with E-state index in [2.05, 4.69) is 11.8 Å². The number of halogens is 2. The summed E-state index contributed by atoms with van der Waals surface area (Å²) in [7, 11) is 0. The zero-order valence-corrected chi connectivity index (χ0v) is 14.2. The largest absolute Gasteiger partial charge is 0.379 e. The topological polar surface area (TPSA) is 32.8 Å². The molecule has 1 amide bonds. The fraction of sp³-hybridized carbons (Fsp3) is 0.643. The van der Waals surface area contributed by atoms with Gasteiger partial charge >= 0.3 is 0 Å². The number of rotatable bonds is 2. The van der Waals surface area contributed by atoms with Crippen LogP contribution in [0, 0.1) is 5.92 Å². The molecule has 116 valence electrons. The lowest BCUT2D eigenvalue weighted by atomic mass is 10.0. The van der Waals surface area contributed by atoms with Crippen molar-refractivity contribution >= 4 is 40.4 Å². The fourth-order valence-electron chi connectivity index (χ4n) is 3.16. The molecule has 7 heteroatoms. The normalized spacial score (nSPS) is 27.3. The van der Waals surface area contributed by atoms with Crippen molar-refractivity contribution in [1.29, 1.82) is 0 Å². The van der Waals surface area contributed by atoms with Crippen molar-refractivity contribution < 1.29 is 9.53 Å². The first-order valence-corrected chi connectivity index (χ1v) is 8.69. The summed E-state index contributed by atoms with van der Waals surface area (Å²) in [5.41, 5.74) is 0.529. The quantitative estimate of drug-likeness (QED) is 0.823. The van der Waals surface area contributed by atoms with Crippen LogP contribution in [0.2, 0.25) is 8.67 Å². The number of carbonyl (C=O) groups is 1. The molecular weight excluding hydrogens is 331 g/mol. The van der Waals surface area contributed by atoms with Crippen LogP contribution in [0.1, 0.15) is 17.3 Å². The molecule has 2 aliphatic heterocycles. The number of amides is 1. The van der Waals surface area contributed by atoms with Gasteiger partial charge in [-0.15, -0.1) is 11.3 Å². The minimum absolute atomic E-state index is 0.00856. The third-order valence-corrected chi connectivity index (χ3v) is 5.75. The Labute approximate surface area is 138 Å². The Morgan fingerprint density at radius 1 is 1.33 bits per heavy atom. The molecule has 0 unspecified atom stereocenters. The van der Waals surface area contributed by atoms with Crippen molar-refractivity contribution in [2.75, 3.05) is 39.4 Å². The van der Waals surface area contributed by atoms with Gasteiger partial charge in [0, 0.05) is 32.2 Å². The predicted molar refractivity (Wildman–Crippen MR) is 85.6 cm³/mol. The van der Waals surface area contributed by atoms with E-state index in [1.807, 2.05) is 4.90 Å². The number of likely N-dealkylation sites (tertiary alicyclic amines) is 1. The van der Waals surface area contributed by atoms with Gasteiger partial charge in [-0.1, -0.05) is 30.1 Å². The van der Waals surface area contributed by atoms with Gasteiger partial charge in [-0.3, -0.25) is 9.69 Å². The minimum Gasteiger partial charge on any atom is -0.379 e. The van der Waals surface area contributed by atoms with Crippen LogP contribution in [0.3, 0.4) is 0 Å². The molecule has 0 bridgehead atoms. The van der Waals surface area contributed by atoms with Gasteiger partial charge in [0.05, 0.1) is 23.1 Å². The van der Waals surface area contributed by atoms with Gasteiger partial charge in [-0.05, 0) is 12.0 Å². The van der Waals surface area contributed by atoms with E-state index in [9.17, 15) is 4.79 Å². The SMILES string of the molecule is C[C@@H]1CN(C(=O)c2cc(Cl)sc2Cl)C[C@H]1N1CCOCC1. The number of morpholine rings is 1. The van der Waals surface area contributed by atoms with E-state index in [4.69, 9.17) is 27.9 Å². The summed E-state index contributed by atoms with van der Waals surface area (Å²) >= 11 is 13.3. The second-order valence-corrected chi connectivity index (χ2v) is 7.93. The van der Waals surface area contributed by atoms with Gasteiger partial charge in [0.25, 0.3) is 5.91 Å². The molecular formula is C14H18Cl2N2O2S. The first-order chi connectivity index (χ1) is 10.1. The molecule has 2 saturated heterocycles. The van der Waals surface area contributed by atoms with Gasteiger partial charge in [-0.25, -0.2) is 0 Å². The van der Waals surface area contributed by atoms with E-state index in [-0.39, 0.29) is 5.91 Å². The molecule has 1 aromatic heterocycles. The van der Waals surface area contributed by atoms with Gasteiger partial charge in [0.2, 0.25) is 0 Å². The highest BCUT2D eigenvalue weighted by Gasteiger charge is 2.37. The number of hydrogen-bond donors (Lipinski definition) is 0. The molecule has 2 fully saturated rings. The van der Waals surface area contributed by atoms with Crippen molar-refractivity contribution in [3.8, 4) is 0 Å². The van der Waals surface area contributed by atoms with Crippen molar-refractivity contribution in [2.45, 2.75) is 13.0 Å². The summed E-state index contributed by atoms with van der Waals surface area (Å²) in [5, 5.41) is 0. The zero-order valence-electron chi connectivity index (χ0n) is 11.8. The number of ether oxygens (including phenoxy) is 1. The van der Waals surface area contributed by atoms with Crippen molar-refractivity contribution in [1.82, 2.24) is 9.80 Å². The molecule has 0 aliphatic carbocycles. The van der Waals surface area contributed by atoms with E-state index >= 15 is 0 Å². The van der Waals surface area contributed by atoms with E-state index in [1.54, 1.807) is 6.07 Å². The molecule has 21 heavy (non-hydrogen) atoms. The summed E-state index contributed by atoms with van der Waals surface area (Å²) in [6.45, 7) is 7.18. The monoisotopic (exact) mass is 348 g/mol. The molecule has 4 nitrogen and oxygen atoms in total. The average molecular weight is 349 g/mol. The van der Waals surface area contributed by atoms with Gasteiger partial charge in [0.1, 0.15) is 4.34 Å². The maximum Gasteiger partial charge on any atom is 0.256 e. The lowest BCUT2D eigenvalue weighted by Gasteiger charge is -2.33. The first kappa shape index (κ1) is 15.6. The number of nitrogens with zero attached hydrogens (tertiary/aromatic N) is 2. The highest BCUT2D eigenvalue weighted by Crippen LogP contribution is 2.33. The van der Waals surface area contributed by atoms with E-state index < -0.39 is 0 Å². The van der Waals surface area contributed by atoms with Crippen LogP contribution in [0.5, 0.6) is 0 Å². The molecule has 0 spiro atoms. The van der Waals surface area contributed by atoms with Crippen LogP contribution < -0.4 is 0 Å². The third kappa shape index (κ3) is 3.22. The molecule has 2 atom stereocenters. The Kier molecular flexibility index (Phi) is 4.76. The smallest absolute Gasteiger partial charge is 0.256 e. The van der Waals surface area contributed by atoms with Crippen LogP contribution in [-0.4, -0.2) is 61.1 Å². The van der Waals surface area contributed by atoms with Crippen LogP contribution >= 0.6 is 34.5 Å². The van der Waals surface area contributed by atoms with Gasteiger partial charge < -0.3 is 9.64 Å². The summed E-state index contributed by atoms with van der Waals surface area (Å²) in [5.74, 6) is 0.450. The molecule has 0 N–H and O–H groups in total. The molecule has 2 aliphatic rings. The molecule has 3 heterocycles. The number of hydrogen-bond acceptors (Lipinski definition) is 4. The fourth-order valence-corrected chi connectivity index (χ4v) is 4.60. The van der Waals surface area contributed by atoms with Crippen LogP contribution in [-0.2, 0) is 4.74 Å². The second kappa shape index (κ2) is 6.42. The first-order valence-electron chi connectivity index (χ1n) is 7.12. The standard InChI is InChI=1S/C14H18Cl2N2O2S/c1-9-7-18(8-11(9)17-2-4-20-5-3-17)14(19)10-6-12(15)21-13(10)16/h6,9,11H,2-5,7-8H2,1H3/t9-,11-/m1/s1. The van der Waals surface area contributed by atoms with Crippen LogP contribution in [0.4, 0.5) is 0 Å². The minimum atomic E-state index is -0.00856. The lowest BCUT2D eigenvalue weighted by Crippen LogP contribution is -2.47. The summed E-state index contributed by atoms with van der Waals surface area (Å²) in [6.07, 6.45) is 0. The summed E-state index contributed by atoms with van der Waals surface area (Å²) in [4.78, 5) is 16.9. The Morgan fingerprint density at radius 2 is 2.05 bits per heavy atom. The van der Waals surface area contributed by atoms with E-state index in [0.717, 1.165) is 39.4 Å². The maximum absolute atomic E-state index is 12.6. The molecule has 0 radical (unpaired) electrons. The van der Waals surface area contributed by atoms with Crippen LogP contribution in [0.15, 0.2) is 6.07 Å². The summed E-state index contributed by atoms with van der Waals surface area (Å²) < 4.78 is 6.44. The highest BCUT2D eigenvalue weighted by molar-refractivity contribution is 7.20. The lowest BCUT2D eigenvalue weighted by molar-refractivity contribution is 0.0119. The maximum atomic E-state index is 12.6. The predicted octanol–water partition coefficient (Wildman–Crippen LogP) is 2.85. The van der Waals surface area contributed by atoms with Crippen molar-refractivity contribution in [3.05, 3.63) is 20.3 Å². The Morgan fingerprint density at radius 3 is 2.67 bits per heavy atom. The van der Waals surface area contributed by atoms with E-state index in [1.165, 1.54) is 11.3 Å². The zero-order chi connectivity index (χ0) is 15.0. The highest BCUT2D eigenvalue weighted by atomic mass is 35.5. The Balaban J connectivity index is 1.70. The molecule has 3 rings (SSSR count). The second-order valence-electron chi connectivity index (χ2n) is 5.64. The summed E-state index contributed by atoms with van der Waals surface area (Å²) in [6, 6.07) is 2.08. The van der Waals surface area contributed by atoms with Gasteiger partial charge in [-0.2, -0.15) is 0 Å². The van der Waals surface area contributed by atoms with Crippen LogP contribution in [0.25, 0.3) is 0 Å². The Bertz CT molecular complexity index is 531. The number of thiophene rings is 1.